The van der Waals surface area contributed by atoms with E-state index in [0.717, 1.165) is 50.1 Å². The van der Waals surface area contributed by atoms with Crippen LogP contribution in [0.2, 0.25) is 0 Å². The third kappa shape index (κ3) is 3.15. The van der Waals surface area contributed by atoms with Gasteiger partial charge in [0.15, 0.2) is 23.2 Å². The summed E-state index contributed by atoms with van der Waals surface area (Å²) in [4.78, 5) is 11.8. The van der Waals surface area contributed by atoms with Crippen LogP contribution >= 0.6 is 0 Å². The third-order valence-corrected chi connectivity index (χ3v) is 7.42. The summed E-state index contributed by atoms with van der Waals surface area (Å²) in [5, 5.41) is 4.47. The maximum atomic E-state index is 15.1. The molecule has 1 saturated heterocycles. The lowest BCUT2D eigenvalue weighted by Gasteiger charge is -2.40. The van der Waals surface area contributed by atoms with Gasteiger partial charge in [-0.2, -0.15) is 5.10 Å². The van der Waals surface area contributed by atoms with Crippen LogP contribution in [0.4, 0.5) is 14.6 Å². The minimum Gasteiger partial charge on any atom is -0.491 e. The Bertz CT molecular complexity index is 1380. The molecule has 174 valence electrons. The Balaban J connectivity index is 1.34. The van der Waals surface area contributed by atoms with Crippen LogP contribution in [0, 0.1) is 24.0 Å². The maximum absolute atomic E-state index is 15.1. The van der Waals surface area contributed by atoms with Gasteiger partial charge in [0.1, 0.15) is 5.52 Å². The van der Waals surface area contributed by atoms with E-state index in [-0.39, 0.29) is 11.0 Å². The smallest absolute Gasteiger partial charge is 0.191 e. The first-order valence-electron chi connectivity index (χ1n) is 11.5. The van der Waals surface area contributed by atoms with Gasteiger partial charge in [-0.1, -0.05) is 6.07 Å². The second kappa shape index (κ2) is 7.75. The molecule has 3 aromatic heterocycles. The number of pyridine rings is 1. The average Bonchev–Trinajstić information content (AvgIpc) is 3.45. The van der Waals surface area contributed by atoms with Crippen LogP contribution in [0.1, 0.15) is 29.8 Å². The SMILES string of the molecule is COc1c(F)ccc(-c2c(C)nc(N3CCC4(CC3)Cc3cccnc3C4)c3ccnn23)c1F. The van der Waals surface area contributed by atoms with Gasteiger partial charge in [-0.15, -0.1) is 0 Å². The van der Waals surface area contributed by atoms with Crippen molar-refractivity contribution in [2.24, 2.45) is 5.41 Å². The highest BCUT2D eigenvalue weighted by Gasteiger charge is 2.41. The summed E-state index contributed by atoms with van der Waals surface area (Å²) in [6.45, 7) is 3.61. The number of anilines is 1. The minimum atomic E-state index is -0.758. The molecule has 34 heavy (non-hydrogen) atoms. The van der Waals surface area contributed by atoms with Crippen LogP contribution in [0.25, 0.3) is 16.8 Å². The van der Waals surface area contributed by atoms with Crippen molar-refractivity contribution in [2.45, 2.75) is 32.6 Å². The second-order valence-corrected chi connectivity index (χ2v) is 9.39. The fourth-order valence-corrected chi connectivity index (χ4v) is 5.68. The molecule has 0 atom stereocenters. The number of hydrogen-bond donors (Lipinski definition) is 0. The van der Waals surface area contributed by atoms with Gasteiger partial charge < -0.3 is 9.64 Å². The van der Waals surface area contributed by atoms with Gasteiger partial charge in [0.2, 0.25) is 0 Å². The zero-order valence-electron chi connectivity index (χ0n) is 19.2. The van der Waals surface area contributed by atoms with Crippen LogP contribution in [0.3, 0.4) is 0 Å². The molecule has 8 heteroatoms. The lowest BCUT2D eigenvalue weighted by atomic mass is 9.76. The molecule has 4 heterocycles. The van der Waals surface area contributed by atoms with Crippen molar-refractivity contribution >= 4 is 11.3 Å². The normalized spacial score (nSPS) is 16.9. The summed E-state index contributed by atoms with van der Waals surface area (Å²) in [6, 6.07) is 8.74. The topological polar surface area (TPSA) is 55.5 Å². The van der Waals surface area contributed by atoms with Gasteiger partial charge in [-0.25, -0.2) is 18.3 Å². The van der Waals surface area contributed by atoms with E-state index in [1.165, 1.54) is 30.5 Å². The zero-order chi connectivity index (χ0) is 23.4. The van der Waals surface area contributed by atoms with E-state index in [4.69, 9.17) is 9.72 Å². The number of aromatic nitrogens is 4. The fraction of sp³-hybridized carbons (Fsp3) is 0.346. The molecule has 2 aliphatic rings. The first kappa shape index (κ1) is 21.0. The first-order chi connectivity index (χ1) is 16.5. The highest BCUT2D eigenvalue weighted by molar-refractivity contribution is 5.76. The van der Waals surface area contributed by atoms with Crippen molar-refractivity contribution in [3.8, 4) is 17.0 Å². The Morgan fingerprint density at radius 1 is 1.03 bits per heavy atom. The zero-order valence-corrected chi connectivity index (χ0v) is 19.2. The molecule has 1 aliphatic heterocycles. The van der Waals surface area contributed by atoms with E-state index in [9.17, 15) is 4.39 Å². The van der Waals surface area contributed by atoms with Gasteiger partial charge in [0.25, 0.3) is 0 Å². The largest absolute Gasteiger partial charge is 0.491 e. The Morgan fingerprint density at radius 2 is 1.85 bits per heavy atom. The summed E-state index contributed by atoms with van der Waals surface area (Å²) in [5.74, 6) is -1.06. The molecule has 4 aromatic rings. The Morgan fingerprint density at radius 3 is 2.62 bits per heavy atom. The number of nitrogens with zero attached hydrogens (tertiary/aromatic N) is 5. The van der Waals surface area contributed by atoms with Crippen molar-refractivity contribution in [1.29, 1.82) is 0 Å². The minimum absolute atomic E-state index is 0.206. The molecule has 0 amide bonds. The van der Waals surface area contributed by atoms with Crippen molar-refractivity contribution in [3.63, 3.8) is 0 Å². The molecule has 1 spiro atoms. The van der Waals surface area contributed by atoms with Crippen LogP contribution < -0.4 is 9.64 Å². The molecule has 0 saturated carbocycles. The van der Waals surface area contributed by atoms with Crippen molar-refractivity contribution < 1.29 is 13.5 Å². The number of halogens is 2. The Hall–Kier alpha value is -3.55. The van der Waals surface area contributed by atoms with Gasteiger partial charge in [-0.3, -0.25) is 4.98 Å². The summed E-state index contributed by atoms with van der Waals surface area (Å²) in [6.07, 6.45) is 7.83. The molecule has 0 N–H and O–H groups in total. The molecule has 1 aromatic carbocycles. The van der Waals surface area contributed by atoms with Gasteiger partial charge in [0.05, 0.1) is 24.7 Å². The number of fused-ring (bicyclic) bond motifs is 2. The quantitative estimate of drug-likeness (QED) is 0.440. The van der Waals surface area contributed by atoms with E-state index in [1.54, 1.807) is 10.7 Å². The van der Waals surface area contributed by atoms with Crippen molar-refractivity contribution in [3.05, 3.63) is 71.3 Å². The Kier molecular flexibility index (Phi) is 4.79. The molecule has 1 fully saturated rings. The van der Waals surface area contributed by atoms with Gasteiger partial charge in [-0.05, 0) is 67.9 Å². The molecular weight excluding hydrogens is 436 g/mol. The van der Waals surface area contributed by atoms with E-state index >= 15 is 4.39 Å². The molecule has 6 rings (SSSR count). The van der Waals surface area contributed by atoms with E-state index in [0.29, 0.717) is 11.4 Å². The van der Waals surface area contributed by atoms with Crippen molar-refractivity contribution in [1.82, 2.24) is 19.6 Å². The summed E-state index contributed by atoms with van der Waals surface area (Å²) in [7, 11) is 1.25. The highest BCUT2D eigenvalue weighted by atomic mass is 19.1. The predicted octanol–water partition coefficient (Wildman–Crippen LogP) is 4.77. The number of aryl methyl sites for hydroxylation is 1. The molecule has 6 nitrogen and oxygen atoms in total. The van der Waals surface area contributed by atoms with E-state index in [1.807, 2.05) is 25.3 Å². The number of methoxy groups -OCH3 is 1. The maximum Gasteiger partial charge on any atom is 0.191 e. The summed E-state index contributed by atoms with van der Waals surface area (Å²) >= 11 is 0. The number of piperidine rings is 1. The van der Waals surface area contributed by atoms with Gasteiger partial charge in [0, 0.05) is 30.5 Å². The van der Waals surface area contributed by atoms with E-state index < -0.39 is 17.4 Å². The molecule has 0 radical (unpaired) electrons. The van der Waals surface area contributed by atoms with Crippen LogP contribution in [-0.4, -0.2) is 39.8 Å². The van der Waals surface area contributed by atoms with E-state index in [2.05, 4.69) is 21.0 Å². The predicted molar refractivity (Wildman–Crippen MR) is 125 cm³/mol. The number of rotatable bonds is 3. The number of hydrogen-bond acceptors (Lipinski definition) is 5. The van der Waals surface area contributed by atoms with Gasteiger partial charge >= 0.3 is 0 Å². The summed E-state index contributed by atoms with van der Waals surface area (Å²) in [5.41, 5.74) is 5.01. The van der Waals surface area contributed by atoms with Crippen LogP contribution in [0.5, 0.6) is 5.75 Å². The lowest BCUT2D eigenvalue weighted by Crippen LogP contribution is -2.41. The third-order valence-electron chi connectivity index (χ3n) is 7.42. The molecular formula is C26H25F2N5O. The van der Waals surface area contributed by atoms with Crippen LogP contribution in [0.15, 0.2) is 42.7 Å². The second-order valence-electron chi connectivity index (χ2n) is 9.39. The Labute approximate surface area is 196 Å². The average molecular weight is 462 g/mol. The fourth-order valence-electron chi connectivity index (χ4n) is 5.68. The van der Waals surface area contributed by atoms with Crippen LogP contribution in [-0.2, 0) is 12.8 Å². The summed E-state index contributed by atoms with van der Waals surface area (Å²) < 4.78 is 35.8. The molecule has 1 aliphatic carbocycles. The molecule has 0 bridgehead atoms. The first-order valence-corrected chi connectivity index (χ1v) is 11.5. The van der Waals surface area contributed by atoms with Crippen molar-refractivity contribution in [2.75, 3.05) is 25.1 Å². The number of ether oxygens (including phenoxy) is 1. The molecule has 0 unspecified atom stereocenters. The monoisotopic (exact) mass is 461 g/mol. The lowest BCUT2D eigenvalue weighted by molar-refractivity contribution is 0.231. The standard InChI is InChI=1S/C26H25F2N5O/c1-16-23(18-5-6-19(27)24(34-2)22(18)28)33-21(7-11-30-33)25(31-16)32-12-8-26(9-13-32)14-17-4-3-10-29-20(17)15-26/h3-7,10-11H,8-9,12-15H2,1-2H3. The number of benzene rings is 1. The highest BCUT2D eigenvalue weighted by Crippen LogP contribution is 2.45.